The molecule has 2 aromatic carbocycles. The van der Waals surface area contributed by atoms with Crippen LogP contribution in [0.15, 0.2) is 36.4 Å². The van der Waals surface area contributed by atoms with Crippen molar-refractivity contribution in [3.05, 3.63) is 58.7 Å². The molecule has 0 atom stereocenters. The second-order valence-electron chi connectivity index (χ2n) is 3.93. The maximum Gasteiger partial charge on any atom is 2.00 e. The summed E-state index contributed by atoms with van der Waals surface area (Å²) in [5.74, 6) is 0. The molecule has 2 aromatic rings. The first-order chi connectivity index (χ1) is 6.58. The third-order valence-electron chi connectivity index (χ3n) is 2.13. The van der Waals surface area contributed by atoms with Gasteiger partial charge in [0.2, 0.25) is 0 Å². The van der Waals surface area contributed by atoms with Crippen molar-refractivity contribution in [3.8, 4) is 0 Å². The van der Waals surface area contributed by atoms with E-state index in [4.69, 9.17) is 0 Å². The Morgan fingerprint density at radius 1 is 0.800 bits per heavy atom. The molecule has 0 N–H and O–H groups in total. The molecule has 0 fully saturated rings. The van der Waals surface area contributed by atoms with E-state index in [2.05, 4.69) is 64.1 Å². The molecular weight excluding hydrogens is 219 g/mol. The standard InChI is InChI=1S/2C7H9.V/c2*1-6-3-4-7(2)5-6;/h2*3-5H,1-2H3;/q2*-1;+2. The summed E-state index contributed by atoms with van der Waals surface area (Å²) in [5.41, 5.74) is 5.44. The van der Waals surface area contributed by atoms with Gasteiger partial charge in [0, 0.05) is 0 Å². The van der Waals surface area contributed by atoms with Gasteiger partial charge in [0.15, 0.2) is 0 Å². The fraction of sp³-hybridized carbons (Fsp3) is 0.286. The zero-order chi connectivity index (χ0) is 10.6. The van der Waals surface area contributed by atoms with Gasteiger partial charge < -0.3 is 0 Å². The molecule has 2 rings (SSSR count). The fourth-order valence-corrected chi connectivity index (χ4v) is 1.44. The van der Waals surface area contributed by atoms with E-state index >= 15 is 0 Å². The van der Waals surface area contributed by atoms with Gasteiger partial charge in [-0.2, -0.15) is 35.4 Å². The Hall–Kier alpha value is -0.716. The van der Waals surface area contributed by atoms with E-state index in [1.165, 1.54) is 22.3 Å². The Bertz CT molecular complexity index is 308. The molecule has 0 saturated heterocycles. The van der Waals surface area contributed by atoms with Crippen LogP contribution in [0.25, 0.3) is 0 Å². The summed E-state index contributed by atoms with van der Waals surface area (Å²) in [5, 5.41) is 0. The number of rotatable bonds is 0. The molecular formula is C14H18V. The van der Waals surface area contributed by atoms with Gasteiger partial charge in [-0.25, -0.2) is 23.3 Å². The number of hydrogen-bond acceptors (Lipinski definition) is 0. The first-order valence-corrected chi connectivity index (χ1v) is 4.98. The summed E-state index contributed by atoms with van der Waals surface area (Å²) >= 11 is 0. The average molecular weight is 237 g/mol. The predicted molar refractivity (Wildman–Crippen MR) is 63.0 cm³/mol. The first-order valence-electron chi connectivity index (χ1n) is 4.98. The summed E-state index contributed by atoms with van der Waals surface area (Å²) in [6, 6.07) is 12.8. The maximum absolute atomic E-state index is 2.17. The van der Waals surface area contributed by atoms with Crippen molar-refractivity contribution in [2.45, 2.75) is 27.7 Å². The van der Waals surface area contributed by atoms with Crippen molar-refractivity contribution >= 4 is 0 Å². The third kappa shape index (κ3) is 5.66. The summed E-state index contributed by atoms with van der Waals surface area (Å²) < 4.78 is 0. The molecule has 15 heavy (non-hydrogen) atoms. The second kappa shape index (κ2) is 6.71. The Labute approximate surface area is 105 Å². The summed E-state index contributed by atoms with van der Waals surface area (Å²) in [6.45, 7) is 8.42. The molecule has 0 unspecified atom stereocenters. The second-order valence-corrected chi connectivity index (χ2v) is 3.93. The van der Waals surface area contributed by atoms with Crippen LogP contribution in [0.2, 0.25) is 0 Å². The van der Waals surface area contributed by atoms with Crippen molar-refractivity contribution in [2.75, 3.05) is 0 Å². The SMILES string of the molecule is Cc1cc[c-](C)c1.Cc1cc[c-](C)c1.[V+2]. The van der Waals surface area contributed by atoms with E-state index in [0.717, 1.165) is 0 Å². The molecule has 0 heterocycles. The Kier molecular flexibility index (Phi) is 6.39. The van der Waals surface area contributed by atoms with Crippen LogP contribution in [0, 0.1) is 27.7 Å². The predicted octanol–water partition coefficient (Wildman–Crippen LogP) is 4.04. The molecule has 0 amide bonds. The largest absolute Gasteiger partial charge is 2.00 e. The molecule has 0 aliphatic heterocycles. The van der Waals surface area contributed by atoms with Crippen LogP contribution in [0.4, 0.5) is 0 Å². The Morgan fingerprint density at radius 2 is 1.13 bits per heavy atom. The van der Waals surface area contributed by atoms with Gasteiger partial charge in [0.1, 0.15) is 0 Å². The van der Waals surface area contributed by atoms with Gasteiger partial charge in [-0.15, -0.1) is 0 Å². The van der Waals surface area contributed by atoms with Crippen molar-refractivity contribution < 1.29 is 18.6 Å². The Balaban J connectivity index is 0.000000245. The molecule has 0 aliphatic rings. The van der Waals surface area contributed by atoms with Crippen molar-refractivity contribution in [3.63, 3.8) is 0 Å². The summed E-state index contributed by atoms with van der Waals surface area (Å²) in [4.78, 5) is 0. The maximum atomic E-state index is 2.17. The third-order valence-corrected chi connectivity index (χ3v) is 2.13. The average Bonchev–Trinajstić information content (AvgIpc) is 2.63. The van der Waals surface area contributed by atoms with E-state index in [-0.39, 0.29) is 18.6 Å². The smallest absolute Gasteiger partial charge is 0.211 e. The monoisotopic (exact) mass is 237 g/mol. The van der Waals surface area contributed by atoms with E-state index in [1.807, 2.05) is 0 Å². The molecule has 0 nitrogen and oxygen atoms in total. The van der Waals surface area contributed by atoms with Crippen molar-refractivity contribution in [1.82, 2.24) is 0 Å². The normalized spacial score (nSPS) is 8.80. The van der Waals surface area contributed by atoms with E-state index in [9.17, 15) is 0 Å². The quantitative estimate of drug-likeness (QED) is 0.606. The summed E-state index contributed by atoms with van der Waals surface area (Å²) in [6.07, 6.45) is 0. The van der Waals surface area contributed by atoms with Gasteiger partial charge in [-0.05, 0) is 0 Å². The number of hydrogen-bond donors (Lipinski definition) is 0. The van der Waals surface area contributed by atoms with Crippen LogP contribution in [0.5, 0.6) is 0 Å². The van der Waals surface area contributed by atoms with Crippen LogP contribution >= 0.6 is 0 Å². The van der Waals surface area contributed by atoms with Crippen LogP contribution in [-0.2, 0) is 18.6 Å². The van der Waals surface area contributed by atoms with E-state index < -0.39 is 0 Å². The molecule has 1 radical (unpaired) electrons. The number of aryl methyl sites for hydroxylation is 4. The minimum absolute atomic E-state index is 0. The molecule has 0 spiro atoms. The molecule has 0 bridgehead atoms. The fourth-order valence-electron chi connectivity index (χ4n) is 1.44. The molecule has 0 aromatic heterocycles. The van der Waals surface area contributed by atoms with Gasteiger partial charge in [-0.1, -0.05) is 27.7 Å². The van der Waals surface area contributed by atoms with Gasteiger partial charge >= 0.3 is 18.6 Å². The van der Waals surface area contributed by atoms with E-state index in [1.54, 1.807) is 0 Å². The topological polar surface area (TPSA) is 0 Å². The van der Waals surface area contributed by atoms with Crippen molar-refractivity contribution in [2.24, 2.45) is 0 Å². The molecule has 1 heteroatoms. The van der Waals surface area contributed by atoms with E-state index in [0.29, 0.717) is 0 Å². The van der Waals surface area contributed by atoms with Crippen LogP contribution in [0.1, 0.15) is 22.3 Å². The minimum Gasteiger partial charge on any atom is -0.211 e. The van der Waals surface area contributed by atoms with Gasteiger partial charge in [0.25, 0.3) is 0 Å². The zero-order valence-electron chi connectivity index (χ0n) is 9.91. The minimum atomic E-state index is 0. The Morgan fingerprint density at radius 3 is 1.20 bits per heavy atom. The zero-order valence-corrected chi connectivity index (χ0v) is 11.3. The van der Waals surface area contributed by atoms with Gasteiger partial charge in [0.05, 0.1) is 0 Å². The summed E-state index contributed by atoms with van der Waals surface area (Å²) in [7, 11) is 0. The van der Waals surface area contributed by atoms with Crippen LogP contribution < -0.4 is 0 Å². The van der Waals surface area contributed by atoms with Crippen molar-refractivity contribution in [1.29, 1.82) is 0 Å². The van der Waals surface area contributed by atoms with Crippen LogP contribution in [-0.4, -0.2) is 0 Å². The molecule has 0 saturated carbocycles. The molecule has 0 aliphatic carbocycles. The van der Waals surface area contributed by atoms with Crippen LogP contribution in [0.3, 0.4) is 0 Å². The molecule has 79 valence electrons. The van der Waals surface area contributed by atoms with Gasteiger partial charge in [-0.3, -0.25) is 0 Å². The first kappa shape index (κ1) is 14.3.